The maximum absolute atomic E-state index is 3.39. The number of hydrogen-bond acceptors (Lipinski definition) is 0. The lowest BCUT2D eigenvalue weighted by molar-refractivity contribution is 0.540. The Morgan fingerprint density at radius 3 is 0.778 bits per heavy atom. The van der Waals surface area contributed by atoms with Crippen molar-refractivity contribution >= 4 is 0 Å². The van der Waals surface area contributed by atoms with Gasteiger partial charge in [0.2, 0.25) is 0 Å². The summed E-state index contributed by atoms with van der Waals surface area (Å²) in [7, 11) is 0. The van der Waals surface area contributed by atoms with Gasteiger partial charge in [0.1, 0.15) is 0 Å². The molecule has 0 aromatic heterocycles. The van der Waals surface area contributed by atoms with Crippen LogP contribution < -0.4 is 0 Å². The number of hydrogen-bond donors (Lipinski definition) is 0. The van der Waals surface area contributed by atoms with Crippen molar-refractivity contribution < 1.29 is 0 Å². The van der Waals surface area contributed by atoms with E-state index >= 15 is 0 Å². The Morgan fingerprint density at radius 2 is 0.519 bits per heavy atom. The monoisotopic (exact) mass is 376 g/mol. The van der Waals surface area contributed by atoms with E-state index in [0.717, 1.165) is 12.8 Å². The minimum atomic E-state index is 1.13. The highest BCUT2D eigenvalue weighted by molar-refractivity contribution is 4.98. The van der Waals surface area contributed by atoms with Crippen LogP contribution in [0.3, 0.4) is 0 Å². The van der Waals surface area contributed by atoms with Gasteiger partial charge in [-0.3, -0.25) is 0 Å². The summed E-state index contributed by atoms with van der Waals surface area (Å²) in [4.78, 5) is 0. The van der Waals surface area contributed by atoms with Crippen molar-refractivity contribution in [2.24, 2.45) is 0 Å². The van der Waals surface area contributed by atoms with Gasteiger partial charge < -0.3 is 0 Å². The molecule has 0 saturated heterocycles. The van der Waals surface area contributed by atoms with E-state index in [0.29, 0.717) is 0 Å². The van der Waals surface area contributed by atoms with E-state index in [1.165, 1.54) is 135 Å². The van der Waals surface area contributed by atoms with E-state index in [4.69, 9.17) is 0 Å². The molecule has 0 heteroatoms. The molecule has 0 aliphatic heterocycles. The normalized spacial score (nSPS) is 10.7. The van der Waals surface area contributed by atoms with Gasteiger partial charge in [0.05, 0.1) is 0 Å². The van der Waals surface area contributed by atoms with Crippen LogP contribution in [0, 0.1) is 11.8 Å². The molecule has 0 amide bonds. The molecule has 0 aliphatic carbocycles. The average Bonchev–Trinajstić information content (AvgIpc) is 2.68. The van der Waals surface area contributed by atoms with Gasteiger partial charge in [0.25, 0.3) is 0 Å². The molecular weight excluding hydrogens is 324 g/mol. The quantitative estimate of drug-likeness (QED) is 0.138. The SMILES string of the molecule is CCCCCCCCCCC#CCCCCCCCCCCCCCCC. The van der Waals surface area contributed by atoms with Crippen LogP contribution >= 0.6 is 0 Å². The first-order chi connectivity index (χ1) is 13.4. The van der Waals surface area contributed by atoms with E-state index in [1.807, 2.05) is 0 Å². The van der Waals surface area contributed by atoms with Gasteiger partial charge >= 0.3 is 0 Å². The highest BCUT2D eigenvalue weighted by atomic mass is 14.0. The van der Waals surface area contributed by atoms with Crippen LogP contribution in [0.5, 0.6) is 0 Å². The molecule has 0 nitrogen and oxygen atoms in total. The lowest BCUT2D eigenvalue weighted by Gasteiger charge is -2.02. The molecule has 0 bridgehead atoms. The molecule has 0 N–H and O–H groups in total. The first-order valence-electron chi connectivity index (χ1n) is 12.9. The van der Waals surface area contributed by atoms with E-state index in [9.17, 15) is 0 Å². The standard InChI is InChI=1S/C27H52/c1-3-5-7-9-11-13-15-17-19-21-23-25-27-26-24-22-20-18-16-14-12-10-8-6-4-2/h3-21,23,25-27H2,1-2H3. The molecule has 0 heterocycles. The summed E-state index contributed by atoms with van der Waals surface area (Å²) >= 11 is 0. The summed E-state index contributed by atoms with van der Waals surface area (Å²) in [6.07, 6.45) is 32.1. The molecule has 27 heavy (non-hydrogen) atoms. The fraction of sp³-hybridized carbons (Fsp3) is 0.926. The zero-order valence-electron chi connectivity index (χ0n) is 19.3. The summed E-state index contributed by atoms with van der Waals surface area (Å²) < 4.78 is 0. The third-order valence-electron chi connectivity index (χ3n) is 5.69. The third kappa shape index (κ3) is 25.6. The maximum atomic E-state index is 3.39. The third-order valence-corrected chi connectivity index (χ3v) is 5.69. The van der Waals surface area contributed by atoms with Crippen LogP contribution in [0.2, 0.25) is 0 Å². The molecular formula is C27H52. The summed E-state index contributed by atoms with van der Waals surface area (Å²) in [5, 5.41) is 0. The van der Waals surface area contributed by atoms with Crippen molar-refractivity contribution in [1.82, 2.24) is 0 Å². The Hall–Kier alpha value is -0.440. The Bertz CT molecular complexity index is 306. The molecule has 0 fully saturated rings. The van der Waals surface area contributed by atoms with Gasteiger partial charge in [0, 0.05) is 12.8 Å². The fourth-order valence-corrected chi connectivity index (χ4v) is 3.76. The Labute approximate surface area is 173 Å². The zero-order chi connectivity index (χ0) is 19.7. The second-order valence-electron chi connectivity index (χ2n) is 8.57. The largest absolute Gasteiger partial charge is 0.103 e. The minimum absolute atomic E-state index is 1.13. The van der Waals surface area contributed by atoms with Gasteiger partial charge in [-0.2, -0.15) is 0 Å². The molecule has 0 rings (SSSR count). The predicted octanol–water partition coefficient (Wildman–Crippen LogP) is 10.0. The topological polar surface area (TPSA) is 0 Å². The second-order valence-corrected chi connectivity index (χ2v) is 8.57. The Kier molecular flexibility index (Phi) is 25.1. The van der Waals surface area contributed by atoms with E-state index < -0.39 is 0 Å². The highest BCUT2D eigenvalue weighted by Gasteiger charge is 1.93. The van der Waals surface area contributed by atoms with E-state index in [-0.39, 0.29) is 0 Å². The van der Waals surface area contributed by atoms with Crippen LogP contribution in [-0.2, 0) is 0 Å². The maximum Gasteiger partial charge on any atom is 0.00886 e. The fourth-order valence-electron chi connectivity index (χ4n) is 3.76. The lowest BCUT2D eigenvalue weighted by atomic mass is 10.0. The zero-order valence-corrected chi connectivity index (χ0v) is 19.3. The first-order valence-corrected chi connectivity index (χ1v) is 12.9. The minimum Gasteiger partial charge on any atom is -0.103 e. The van der Waals surface area contributed by atoms with Crippen molar-refractivity contribution in [3.63, 3.8) is 0 Å². The first kappa shape index (κ1) is 26.6. The molecule has 0 aromatic carbocycles. The van der Waals surface area contributed by atoms with Crippen molar-refractivity contribution in [3.8, 4) is 11.8 Å². The van der Waals surface area contributed by atoms with Crippen LogP contribution in [-0.4, -0.2) is 0 Å². The number of rotatable bonds is 21. The van der Waals surface area contributed by atoms with Crippen molar-refractivity contribution in [3.05, 3.63) is 0 Å². The van der Waals surface area contributed by atoms with Crippen LogP contribution in [0.15, 0.2) is 0 Å². The van der Waals surface area contributed by atoms with Gasteiger partial charge in [-0.05, 0) is 12.8 Å². The molecule has 0 aromatic rings. The molecule has 0 radical (unpaired) electrons. The van der Waals surface area contributed by atoms with Gasteiger partial charge in [0.15, 0.2) is 0 Å². The predicted molar refractivity (Wildman–Crippen MR) is 125 cm³/mol. The highest BCUT2D eigenvalue weighted by Crippen LogP contribution is 2.13. The van der Waals surface area contributed by atoms with Crippen molar-refractivity contribution in [1.29, 1.82) is 0 Å². The molecule has 0 aliphatic rings. The summed E-state index contributed by atoms with van der Waals surface area (Å²) in [6, 6.07) is 0. The summed E-state index contributed by atoms with van der Waals surface area (Å²) in [5.41, 5.74) is 0. The van der Waals surface area contributed by atoms with Gasteiger partial charge in [-0.15, -0.1) is 11.8 Å². The Balaban J connectivity index is 3.07. The molecule has 0 saturated carbocycles. The van der Waals surface area contributed by atoms with Crippen molar-refractivity contribution in [2.75, 3.05) is 0 Å². The molecule has 0 spiro atoms. The molecule has 0 unspecified atom stereocenters. The second kappa shape index (κ2) is 25.6. The van der Waals surface area contributed by atoms with Crippen LogP contribution in [0.1, 0.15) is 162 Å². The van der Waals surface area contributed by atoms with Gasteiger partial charge in [-0.1, -0.05) is 136 Å². The lowest BCUT2D eigenvalue weighted by Crippen LogP contribution is -1.83. The smallest absolute Gasteiger partial charge is 0.00886 e. The average molecular weight is 377 g/mol. The van der Waals surface area contributed by atoms with E-state index in [2.05, 4.69) is 25.7 Å². The van der Waals surface area contributed by atoms with Crippen molar-refractivity contribution in [2.45, 2.75) is 162 Å². The summed E-state index contributed by atoms with van der Waals surface area (Å²) in [5.74, 6) is 6.78. The molecule has 160 valence electrons. The summed E-state index contributed by atoms with van der Waals surface area (Å²) in [6.45, 7) is 4.58. The Morgan fingerprint density at radius 1 is 0.296 bits per heavy atom. The van der Waals surface area contributed by atoms with E-state index in [1.54, 1.807) is 0 Å². The molecule has 0 atom stereocenters. The van der Waals surface area contributed by atoms with Gasteiger partial charge in [-0.25, -0.2) is 0 Å². The number of unbranched alkanes of at least 4 members (excludes halogenated alkanes) is 21. The van der Waals surface area contributed by atoms with Crippen LogP contribution in [0.25, 0.3) is 0 Å². The van der Waals surface area contributed by atoms with Crippen LogP contribution in [0.4, 0.5) is 0 Å².